The summed E-state index contributed by atoms with van der Waals surface area (Å²) in [6.07, 6.45) is 1.12. The summed E-state index contributed by atoms with van der Waals surface area (Å²) in [4.78, 5) is 18.5. The van der Waals surface area contributed by atoms with Gasteiger partial charge in [-0.05, 0) is 26.0 Å². The predicted molar refractivity (Wildman–Crippen MR) is 102 cm³/mol. The highest BCUT2D eigenvalue weighted by atomic mass is 19.1. The van der Waals surface area contributed by atoms with Crippen molar-refractivity contribution in [2.45, 2.75) is 19.4 Å². The third-order valence-corrected chi connectivity index (χ3v) is 4.84. The largest absolute Gasteiger partial charge is 0.376 e. The average molecular weight is 400 g/mol. The summed E-state index contributed by atoms with van der Waals surface area (Å²) < 4.78 is 25.3. The van der Waals surface area contributed by atoms with Crippen LogP contribution in [0.4, 0.5) is 15.9 Å². The third kappa shape index (κ3) is 3.46. The zero-order chi connectivity index (χ0) is 20.8. The van der Waals surface area contributed by atoms with Crippen molar-refractivity contribution in [1.29, 1.82) is 0 Å². The van der Waals surface area contributed by atoms with Gasteiger partial charge in [0.25, 0.3) is 5.91 Å². The summed E-state index contributed by atoms with van der Waals surface area (Å²) in [5, 5.41) is 11.5. The summed E-state index contributed by atoms with van der Waals surface area (Å²) in [5.74, 6) is 0.412. The monoisotopic (exact) mass is 400 g/mol. The molecule has 0 spiro atoms. The molecule has 9 nitrogen and oxygen atoms in total. The molecule has 0 radical (unpaired) electrons. The minimum absolute atomic E-state index is 0.229. The van der Waals surface area contributed by atoms with E-state index in [1.807, 2.05) is 6.92 Å². The molecule has 4 rings (SSSR count). The second-order valence-electron chi connectivity index (χ2n) is 7.38. The predicted octanol–water partition coefficient (Wildman–Crippen LogP) is 2.20. The number of amides is 1. The van der Waals surface area contributed by atoms with Gasteiger partial charge >= 0.3 is 0 Å². The Hall–Kier alpha value is -3.27. The summed E-state index contributed by atoms with van der Waals surface area (Å²) >= 11 is 0. The Bertz CT molecular complexity index is 1050. The molecule has 0 saturated carbocycles. The fourth-order valence-corrected chi connectivity index (χ4v) is 3.21. The zero-order valence-electron chi connectivity index (χ0n) is 16.6. The van der Waals surface area contributed by atoms with E-state index in [0.29, 0.717) is 47.6 Å². The van der Waals surface area contributed by atoms with E-state index in [1.54, 1.807) is 32.0 Å². The number of aromatic nitrogens is 4. The van der Waals surface area contributed by atoms with Crippen molar-refractivity contribution in [2.75, 3.05) is 25.2 Å². The molecule has 1 amide bonds. The summed E-state index contributed by atoms with van der Waals surface area (Å²) in [6, 6.07) is 4.53. The van der Waals surface area contributed by atoms with Crippen LogP contribution in [0, 0.1) is 12.7 Å². The van der Waals surface area contributed by atoms with Gasteiger partial charge in [-0.3, -0.25) is 14.5 Å². The lowest BCUT2D eigenvalue weighted by atomic mass is 10.0. The number of pyridine rings is 1. The molecule has 1 N–H and O–H groups in total. The van der Waals surface area contributed by atoms with Crippen molar-refractivity contribution in [3.63, 3.8) is 0 Å². The van der Waals surface area contributed by atoms with Gasteiger partial charge in [0.1, 0.15) is 17.2 Å². The number of nitrogens with one attached hydrogen (secondary N) is 1. The lowest BCUT2D eigenvalue weighted by molar-refractivity contribution is -0.0594. The van der Waals surface area contributed by atoms with Crippen molar-refractivity contribution in [2.24, 2.45) is 7.05 Å². The quantitative estimate of drug-likeness (QED) is 0.701. The highest BCUT2D eigenvalue weighted by molar-refractivity contribution is 5.94. The molecule has 10 heteroatoms. The fourth-order valence-electron chi connectivity index (χ4n) is 3.21. The van der Waals surface area contributed by atoms with Crippen molar-refractivity contribution in [1.82, 2.24) is 25.2 Å². The number of aryl methyl sites for hydroxylation is 2. The van der Waals surface area contributed by atoms with Crippen LogP contribution in [0.25, 0.3) is 11.4 Å². The van der Waals surface area contributed by atoms with Gasteiger partial charge in [0.2, 0.25) is 0 Å². The Morgan fingerprint density at radius 1 is 1.38 bits per heavy atom. The number of rotatable bonds is 5. The Balaban J connectivity index is 1.64. The van der Waals surface area contributed by atoms with Crippen molar-refractivity contribution < 1.29 is 18.4 Å². The van der Waals surface area contributed by atoms with E-state index in [0.717, 1.165) is 6.20 Å². The Morgan fingerprint density at radius 3 is 2.76 bits per heavy atom. The van der Waals surface area contributed by atoms with Gasteiger partial charge in [0.05, 0.1) is 30.6 Å². The van der Waals surface area contributed by atoms with Crippen LogP contribution < -0.4 is 10.2 Å². The number of hydrogen-bond donors (Lipinski definition) is 1. The van der Waals surface area contributed by atoms with Crippen molar-refractivity contribution >= 4 is 17.4 Å². The molecule has 4 heterocycles. The molecule has 29 heavy (non-hydrogen) atoms. The van der Waals surface area contributed by atoms with E-state index >= 15 is 0 Å². The lowest BCUT2D eigenvalue weighted by Crippen LogP contribution is -2.60. The van der Waals surface area contributed by atoms with Gasteiger partial charge in [-0.25, -0.2) is 4.39 Å². The molecule has 1 saturated heterocycles. The molecule has 3 aromatic heterocycles. The number of carbonyl (C=O) groups excluding carboxylic acids is 1. The minimum Gasteiger partial charge on any atom is -0.376 e. The molecule has 0 unspecified atom stereocenters. The molecule has 0 bridgehead atoms. The molecule has 1 aliphatic rings. The Labute approximate surface area is 166 Å². The Kier molecular flexibility index (Phi) is 4.58. The van der Waals surface area contributed by atoms with E-state index in [4.69, 9.17) is 9.26 Å². The first-order valence-corrected chi connectivity index (χ1v) is 9.04. The maximum atomic E-state index is 13.2. The first-order chi connectivity index (χ1) is 13.8. The highest BCUT2D eigenvalue weighted by Gasteiger charge is 2.36. The van der Waals surface area contributed by atoms with Gasteiger partial charge < -0.3 is 19.5 Å². The second-order valence-corrected chi connectivity index (χ2v) is 7.38. The molecular formula is C19H21FN6O3. The van der Waals surface area contributed by atoms with Crippen LogP contribution in [0.3, 0.4) is 0 Å². The van der Waals surface area contributed by atoms with Crippen molar-refractivity contribution in [3.05, 3.63) is 41.7 Å². The Morgan fingerprint density at radius 2 is 2.14 bits per heavy atom. The van der Waals surface area contributed by atoms with Crippen LogP contribution in [0.2, 0.25) is 0 Å². The number of ether oxygens (including phenoxy) is 1. The van der Waals surface area contributed by atoms with Crippen molar-refractivity contribution in [3.8, 4) is 11.4 Å². The average Bonchev–Trinajstić information content (AvgIpc) is 3.23. The number of nitrogens with zero attached hydrogens (tertiary/aromatic N) is 5. The van der Waals surface area contributed by atoms with E-state index < -0.39 is 5.82 Å². The molecule has 0 aromatic carbocycles. The van der Waals surface area contributed by atoms with Gasteiger partial charge in [-0.2, -0.15) is 5.10 Å². The van der Waals surface area contributed by atoms with Gasteiger partial charge in [0.15, 0.2) is 17.3 Å². The van der Waals surface area contributed by atoms with Crippen LogP contribution in [0.1, 0.15) is 23.2 Å². The van der Waals surface area contributed by atoms with E-state index in [2.05, 4.69) is 20.6 Å². The number of halogens is 1. The summed E-state index contributed by atoms with van der Waals surface area (Å²) in [7, 11) is 3.49. The molecule has 0 atom stereocenters. The van der Waals surface area contributed by atoms with Gasteiger partial charge in [-0.1, -0.05) is 5.16 Å². The number of carbonyl (C=O) groups is 1. The van der Waals surface area contributed by atoms with Crippen LogP contribution >= 0.6 is 0 Å². The summed E-state index contributed by atoms with van der Waals surface area (Å²) in [5.41, 5.74) is 1.61. The number of anilines is 2. The topological polar surface area (TPSA) is 98.3 Å². The maximum absolute atomic E-state index is 13.2. The summed E-state index contributed by atoms with van der Waals surface area (Å²) in [6.45, 7) is 4.66. The van der Waals surface area contributed by atoms with Gasteiger partial charge in [-0.15, -0.1) is 0 Å². The lowest BCUT2D eigenvalue weighted by Gasteiger charge is -2.38. The van der Waals surface area contributed by atoms with Gasteiger partial charge in [0, 0.05) is 20.2 Å². The van der Waals surface area contributed by atoms with E-state index in [1.165, 1.54) is 16.8 Å². The van der Waals surface area contributed by atoms with E-state index in [-0.39, 0.29) is 11.4 Å². The third-order valence-electron chi connectivity index (χ3n) is 4.84. The minimum atomic E-state index is -0.435. The zero-order valence-corrected chi connectivity index (χ0v) is 16.6. The normalized spacial score (nSPS) is 15.1. The smallest absolute Gasteiger partial charge is 0.270 e. The molecule has 1 fully saturated rings. The first-order valence-electron chi connectivity index (χ1n) is 9.04. The fraction of sp³-hybridized carbons (Fsp3) is 0.368. The van der Waals surface area contributed by atoms with E-state index in [9.17, 15) is 9.18 Å². The van der Waals surface area contributed by atoms with Crippen LogP contribution in [-0.4, -0.2) is 51.6 Å². The molecule has 152 valence electrons. The van der Waals surface area contributed by atoms with Crippen LogP contribution in [0.15, 0.2) is 28.9 Å². The van der Waals surface area contributed by atoms with Crippen LogP contribution in [-0.2, 0) is 11.8 Å². The SMILES string of the molecule is Cc1onc(-c2ccc(F)cn2)c1N(C)c1cc(C(=O)NC2(C)COC2)n(C)n1. The highest BCUT2D eigenvalue weighted by Crippen LogP contribution is 2.35. The molecule has 3 aromatic rings. The maximum Gasteiger partial charge on any atom is 0.270 e. The second kappa shape index (κ2) is 6.96. The molecule has 1 aliphatic heterocycles. The molecular weight excluding hydrogens is 379 g/mol. The molecule has 0 aliphatic carbocycles. The van der Waals surface area contributed by atoms with Crippen LogP contribution in [0.5, 0.6) is 0 Å². The number of hydrogen-bond acceptors (Lipinski definition) is 7. The standard InChI is InChI=1S/C19H21FN6O3/c1-11-17(16(24-29-11)13-6-5-12(20)8-21-13)25(3)15-7-14(26(4)23-15)18(27)22-19(2)9-28-10-19/h5-8H,9-10H2,1-4H3,(H,22,27). The first kappa shape index (κ1) is 19.1.